The number of hydrogen-bond donors (Lipinski definition) is 1. The summed E-state index contributed by atoms with van der Waals surface area (Å²) in [5.41, 5.74) is 4.34. The third kappa shape index (κ3) is 2.90. The van der Waals surface area contributed by atoms with Crippen molar-refractivity contribution in [3.8, 4) is 0 Å². The summed E-state index contributed by atoms with van der Waals surface area (Å²) in [6.07, 6.45) is 2.29. The molecule has 2 heteroatoms. The minimum absolute atomic E-state index is 0.386. The molecule has 98 valence electrons. The third-order valence-electron chi connectivity index (χ3n) is 3.89. The van der Waals surface area contributed by atoms with Gasteiger partial charge in [0.25, 0.3) is 0 Å². The number of hydrogen-bond acceptors (Lipinski definition) is 1. The number of rotatable bonds is 3. The Balaban J connectivity index is 1.67. The Morgan fingerprint density at radius 2 is 1.74 bits per heavy atom. The summed E-state index contributed by atoms with van der Waals surface area (Å²) in [5.74, 6) is 0. The van der Waals surface area contributed by atoms with Gasteiger partial charge in [-0.1, -0.05) is 52.3 Å². The second-order valence-corrected chi connectivity index (χ2v) is 6.23. The average Bonchev–Trinajstić information content (AvgIpc) is 2.80. The van der Waals surface area contributed by atoms with Crippen molar-refractivity contribution >= 4 is 15.9 Å². The highest BCUT2D eigenvalue weighted by atomic mass is 79.9. The van der Waals surface area contributed by atoms with Crippen LogP contribution >= 0.6 is 15.9 Å². The summed E-state index contributed by atoms with van der Waals surface area (Å²) in [6, 6.07) is 18.3. The van der Waals surface area contributed by atoms with Crippen LogP contribution in [-0.4, -0.2) is 6.04 Å². The van der Waals surface area contributed by atoms with Crippen molar-refractivity contribution < 1.29 is 0 Å². The molecule has 0 bridgehead atoms. The SMILES string of the molecule is CC(NC1Cc2ccccc2C1)c1cccc(Br)c1. The van der Waals surface area contributed by atoms with Gasteiger partial charge in [-0.2, -0.15) is 0 Å². The van der Waals surface area contributed by atoms with Gasteiger partial charge in [0.2, 0.25) is 0 Å². The maximum atomic E-state index is 3.75. The van der Waals surface area contributed by atoms with Gasteiger partial charge < -0.3 is 5.32 Å². The fourth-order valence-electron chi connectivity index (χ4n) is 2.90. The maximum Gasteiger partial charge on any atom is 0.0295 e. The minimum Gasteiger partial charge on any atom is -0.307 e. The molecule has 1 aliphatic rings. The summed E-state index contributed by atoms with van der Waals surface area (Å²) >= 11 is 3.54. The summed E-state index contributed by atoms with van der Waals surface area (Å²) < 4.78 is 1.15. The first kappa shape index (κ1) is 12.9. The molecule has 0 amide bonds. The van der Waals surface area contributed by atoms with Gasteiger partial charge >= 0.3 is 0 Å². The molecule has 2 aromatic rings. The van der Waals surface area contributed by atoms with Crippen LogP contribution in [0.5, 0.6) is 0 Å². The Hall–Kier alpha value is -1.12. The van der Waals surface area contributed by atoms with Crippen LogP contribution < -0.4 is 5.32 Å². The van der Waals surface area contributed by atoms with Crippen LogP contribution in [0.1, 0.15) is 29.7 Å². The average molecular weight is 316 g/mol. The largest absolute Gasteiger partial charge is 0.307 e. The molecule has 2 aromatic carbocycles. The predicted octanol–water partition coefficient (Wildman–Crippen LogP) is 4.27. The van der Waals surface area contributed by atoms with Gasteiger partial charge in [-0.05, 0) is 48.6 Å². The Kier molecular flexibility index (Phi) is 3.72. The molecule has 1 atom stereocenters. The van der Waals surface area contributed by atoms with E-state index in [9.17, 15) is 0 Å². The molecular formula is C17H18BrN. The van der Waals surface area contributed by atoms with Crippen molar-refractivity contribution in [2.75, 3.05) is 0 Å². The summed E-state index contributed by atoms with van der Waals surface area (Å²) in [4.78, 5) is 0. The first-order chi connectivity index (χ1) is 9.22. The van der Waals surface area contributed by atoms with E-state index in [4.69, 9.17) is 0 Å². The lowest BCUT2D eigenvalue weighted by molar-refractivity contribution is 0.467. The normalized spacial score (nSPS) is 16.3. The van der Waals surface area contributed by atoms with Gasteiger partial charge in [-0.25, -0.2) is 0 Å². The van der Waals surface area contributed by atoms with Crippen LogP contribution in [0, 0.1) is 0 Å². The smallest absolute Gasteiger partial charge is 0.0295 e. The van der Waals surface area contributed by atoms with Crippen molar-refractivity contribution in [3.63, 3.8) is 0 Å². The topological polar surface area (TPSA) is 12.0 Å². The zero-order chi connectivity index (χ0) is 13.2. The molecule has 0 heterocycles. The molecule has 1 unspecified atom stereocenters. The molecule has 0 spiro atoms. The maximum absolute atomic E-state index is 3.75. The van der Waals surface area contributed by atoms with Gasteiger partial charge in [0.1, 0.15) is 0 Å². The lowest BCUT2D eigenvalue weighted by Gasteiger charge is -2.19. The van der Waals surface area contributed by atoms with E-state index in [0.717, 1.165) is 17.3 Å². The van der Waals surface area contributed by atoms with Crippen LogP contribution in [0.3, 0.4) is 0 Å². The molecule has 19 heavy (non-hydrogen) atoms. The lowest BCUT2D eigenvalue weighted by Crippen LogP contribution is -2.32. The van der Waals surface area contributed by atoms with E-state index >= 15 is 0 Å². The minimum atomic E-state index is 0.386. The monoisotopic (exact) mass is 315 g/mol. The quantitative estimate of drug-likeness (QED) is 0.892. The Bertz CT molecular complexity index is 554. The number of halogens is 1. The van der Waals surface area contributed by atoms with Crippen LogP contribution in [0.15, 0.2) is 53.0 Å². The molecule has 1 aliphatic carbocycles. The summed E-state index contributed by atoms with van der Waals surface area (Å²) in [6.45, 7) is 2.24. The number of fused-ring (bicyclic) bond motifs is 1. The first-order valence-electron chi connectivity index (χ1n) is 6.80. The van der Waals surface area contributed by atoms with E-state index in [2.05, 4.69) is 76.7 Å². The second-order valence-electron chi connectivity index (χ2n) is 5.32. The third-order valence-corrected chi connectivity index (χ3v) is 4.38. The zero-order valence-corrected chi connectivity index (χ0v) is 12.7. The van der Waals surface area contributed by atoms with E-state index in [1.807, 2.05) is 0 Å². The Morgan fingerprint density at radius 3 is 2.37 bits per heavy atom. The van der Waals surface area contributed by atoms with E-state index in [0.29, 0.717) is 12.1 Å². The fourth-order valence-corrected chi connectivity index (χ4v) is 3.32. The molecule has 0 saturated heterocycles. The molecule has 1 N–H and O–H groups in total. The molecule has 0 saturated carbocycles. The van der Waals surface area contributed by atoms with E-state index in [-0.39, 0.29) is 0 Å². The van der Waals surface area contributed by atoms with E-state index in [1.165, 1.54) is 16.7 Å². The van der Waals surface area contributed by atoms with Gasteiger partial charge in [0, 0.05) is 16.6 Å². The van der Waals surface area contributed by atoms with E-state index in [1.54, 1.807) is 0 Å². The van der Waals surface area contributed by atoms with Gasteiger partial charge in [0.05, 0.1) is 0 Å². The van der Waals surface area contributed by atoms with Crippen LogP contribution in [0.25, 0.3) is 0 Å². The first-order valence-corrected chi connectivity index (χ1v) is 7.60. The standard InChI is InChI=1S/C17H18BrN/c1-12(13-7-4-8-16(18)9-13)19-17-10-14-5-2-3-6-15(14)11-17/h2-9,12,17,19H,10-11H2,1H3. The van der Waals surface area contributed by atoms with E-state index < -0.39 is 0 Å². The van der Waals surface area contributed by atoms with Crippen LogP contribution in [-0.2, 0) is 12.8 Å². The molecule has 1 nitrogen and oxygen atoms in total. The Morgan fingerprint density at radius 1 is 1.05 bits per heavy atom. The Labute approximate surface area is 123 Å². The summed E-state index contributed by atoms with van der Waals surface area (Å²) in [7, 11) is 0. The lowest BCUT2D eigenvalue weighted by atomic mass is 10.1. The summed E-state index contributed by atoms with van der Waals surface area (Å²) in [5, 5.41) is 3.75. The van der Waals surface area contributed by atoms with Gasteiger partial charge in [-0.15, -0.1) is 0 Å². The van der Waals surface area contributed by atoms with Crippen molar-refractivity contribution in [2.45, 2.75) is 31.8 Å². The molecule has 0 fully saturated rings. The molecule has 0 aliphatic heterocycles. The zero-order valence-electron chi connectivity index (χ0n) is 11.1. The molecule has 3 rings (SSSR count). The highest BCUT2D eigenvalue weighted by Gasteiger charge is 2.22. The highest BCUT2D eigenvalue weighted by molar-refractivity contribution is 9.10. The number of nitrogens with one attached hydrogen (secondary N) is 1. The number of benzene rings is 2. The molecular weight excluding hydrogens is 298 g/mol. The van der Waals surface area contributed by atoms with Gasteiger partial charge in [0.15, 0.2) is 0 Å². The van der Waals surface area contributed by atoms with Crippen LogP contribution in [0.4, 0.5) is 0 Å². The van der Waals surface area contributed by atoms with Crippen molar-refractivity contribution in [1.29, 1.82) is 0 Å². The van der Waals surface area contributed by atoms with Crippen LogP contribution in [0.2, 0.25) is 0 Å². The molecule has 0 radical (unpaired) electrons. The van der Waals surface area contributed by atoms with Gasteiger partial charge in [-0.3, -0.25) is 0 Å². The second kappa shape index (κ2) is 5.48. The highest BCUT2D eigenvalue weighted by Crippen LogP contribution is 2.25. The van der Waals surface area contributed by atoms with Crippen molar-refractivity contribution in [1.82, 2.24) is 5.32 Å². The van der Waals surface area contributed by atoms with Crippen molar-refractivity contribution in [2.24, 2.45) is 0 Å². The molecule has 0 aromatic heterocycles. The fraction of sp³-hybridized carbons (Fsp3) is 0.294. The van der Waals surface area contributed by atoms with Crippen molar-refractivity contribution in [3.05, 3.63) is 69.7 Å². The predicted molar refractivity (Wildman–Crippen MR) is 83.3 cm³/mol.